The molecule has 0 spiro atoms. The molecule has 2 aliphatic carbocycles. The lowest BCUT2D eigenvalue weighted by atomic mass is 9.82. The number of ketones is 1. The molecule has 1 nitrogen and oxygen atoms in total. The molecule has 1 saturated carbocycles. The van der Waals surface area contributed by atoms with Gasteiger partial charge in [0.1, 0.15) is 5.78 Å². The first-order valence-corrected chi connectivity index (χ1v) is 7.69. The zero-order valence-electron chi connectivity index (χ0n) is 11.9. The van der Waals surface area contributed by atoms with E-state index in [2.05, 4.69) is 54.6 Å². The molecule has 0 aromatic heterocycles. The van der Waals surface area contributed by atoms with Crippen molar-refractivity contribution in [2.75, 3.05) is 0 Å². The lowest BCUT2D eigenvalue weighted by Gasteiger charge is -2.20. The summed E-state index contributed by atoms with van der Waals surface area (Å²) in [5.74, 6) is 1.12. The van der Waals surface area contributed by atoms with Crippen molar-refractivity contribution >= 4 is 11.4 Å². The highest BCUT2D eigenvalue weighted by Gasteiger charge is 2.46. The number of Topliss-reactive ketones (excluding diaryl/α,β-unsaturated/α-hetero) is 1. The van der Waals surface area contributed by atoms with Gasteiger partial charge in [0.05, 0.1) is 0 Å². The van der Waals surface area contributed by atoms with E-state index in [0.29, 0.717) is 11.7 Å². The number of carbonyl (C=O) groups excluding carboxylic acids is 1. The van der Waals surface area contributed by atoms with Crippen LogP contribution in [0.2, 0.25) is 0 Å². The summed E-state index contributed by atoms with van der Waals surface area (Å²) in [7, 11) is 0. The fourth-order valence-corrected chi connectivity index (χ4v) is 3.97. The van der Waals surface area contributed by atoms with Crippen molar-refractivity contribution in [2.45, 2.75) is 18.8 Å². The van der Waals surface area contributed by atoms with Gasteiger partial charge in [-0.25, -0.2) is 0 Å². The minimum absolute atomic E-state index is 0.0938. The van der Waals surface area contributed by atoms with Crippen LogP contribution in [0, 0.1) is 11.8 Å². The van der Waals surface area contributed by atoms with Crippen LogP contribution < -0.4 is 0 Å². The summed E-state index contributed by atoms with van der Waals surface area (Å²) in [6.45, 7) is 0. The summed E-state index contributed by atoms with van der Waals surface area (Å²) >= 11 is 0. The molecule has 1 heteroatoms. The average Bonchev–Trinajstić information content (AvgIpc) is 2.75. The van der Waals surface area contributed by atoms with Gasteiger partial charge in [-0.2, -0.15) is 0 Å². The third kappa shape index (κ3) is 2.04. The van der Waals surface area contributed by atoms with E-state index in [1.54, 1.807) is 0 Å². The summed E-state index contributed by atoms with van der Waals surface area (Å²) in [4.78, 5) is 12.7. The van der Waals surface area contributed by atoms with Crippen LogP contribution in [0.3, 0.4) is 0 Å². The molecule has 2 aliphatic rings. The average molecular weight is 274 g/mol. The molecule has 4 rings (SSSR count). The van der Waals surface area contributed by atoms with E-state index in [1.807, 2.05) is 12.1 Å². The predicted octanol–water partition coefficient (Wildman–Crippen LogP) is 4.46. The summed E-state index contributed by atoms with van der Waals surface area (Å²) in [6, 6.07) is 20.9. The Hall–Kier alpha value is -2.15. The molecule has 0 amide bonds. The molecule has 0 N–H and O–H groups in total. The number of fused-ring (bicyclic) bond motifs is 2. The van der Waals surface area contributed by atoms with E-state index < -0.39 is 0 Å². The Morgan fingerprint density at radius 1 is 0.810 bits per heavy atom. The first-order valence-electron chi connectivity index (χ1n) is 7.69. The lowest BCUT2D eigenvalue weighted by Crippen LogP contribution is -2.20. The van der Waals surface area contributed by atoms with Crippen molar-refractivity contribution in [1.29, 1.82) is 0 Å². The number of benzene rings is 2. The molecular weight excluding hydrogens is 256 g/mol. The van der Waals surface area contributed by atoms with E-state index >= 15 is 0 Å². The van der Waals surface area contributed by atoms with Crippen LogP contribution in [0.4, 0.5) is 0 Å². The van der Waals surface area contributed by atoms with Crippen LogP contribution >= 0.6 is 0 Å². The second-order valence-electron chi connectivity index (χ2n) is 6.08. The zero-order chi connectivity index (χ0) is 14.2. The van der Waals surface area contributed by atoms with Gasteiger partial charge in [-0.3, -0.25) is 4.79 Å². The quantitative estimate of drug-likeness (QED) is 0.790. The first kappa shape index (κ1) is 12.6. The Morgan fingerprint density at radius 2 is 1.48 bits per heavy atom. The molecule has 0 radical (unpaired) electrons. The van der Waals surface area contributed by atoms with Gasteiger partial charge in [-0.1, -0.05) is 66.7 Å². The molecule has 2 aromatic rings. The monoisotopic (exact) mass is 274 g/mol. The SMILES string of the molecule is O=C1[C@@H]2C[C@@H](c3ccccc3)[C@H]1CC=C2c1ccccc1. The van der Waals surface area contributed by atoms with E-state index in [-0.39, 0.29) is 11.8 Å². The summed E-state index contributed by atoms with van der Waals surface area (Å²) < 4.78 is 0. The molecule has 0 saturated heterocycles. The van der Waals surface area contributed by atoms with E-state index in [1.165, 1.54) is 16.7 Å². The second kappa shape index (κ2) is 5.00. The zero-order valence-corrected chi connectivity index (χ0v) is 11.9. The lowest BCUT2D eigenvalue weighted by molar-refractivity contribution is -0.122. The maximum absolute atomic E-state index is 12.7. The Balaban J connectivity index is 1.68. The normalized spacial score (nSPS) is 27.5. The Labute approximate surface area is 125 Å². The minimum Gasteiger partial charge on any atom is -0.299 e. The first-order chi connectivity index (χ1) is 10.3. The van der Waals surface area contributed by atoms with Crippen molar-refractivity contribution < 1.29 is 4.79 Å². The van der Waals surface area contributed by atoms with Gasteiger partial charge in [0.25, 0.3) is 0 Å². The third-order valence-corrected chi connectivity index (χ3v) is 4.99. The van der Waals surface area contributed by atoms with E-state index in [0.717, 1.165) is 12.8 Å². The van der Waals surface area contributed by atoms with Crippen LogP contribution in [0.15, 0.2) is 66.7 Å². The van der Waals surface area contributed by atoms with E-state index in [9.17, 15) is 4.79 Å². The predicted molar refractivity (Wildman–Crippen MR) is 84.8 cm³/mol. The van der Waals surface area contributed by atoms with Crippen molar-refractivity contribution in [3.63, 3.8) is 0 Å². The van der Waals surface area contributed by atoms with Crippen LogP contribution in [-0.4, -0.2) is 5.78 Å². The largest absolute Gasteiger partial charge is 0.299 e. The van der Waals surface area contributed by atoms with Crippen molar-refractivity contribution in [2.24, 2.45) is 11.8 Å². The molecular formula is C20H18O. The molecule has 104 valence electrons. The second-order valence-corrected chi connectivity index (χ2v) is 6.08. The summed E-state index contributed by atoms with van der Waals surface area (Å²) in [5.41, 5.74) is 3.78. The number of carbonyl (C=O) groups is 1. The molecule has 0 unspecified atom stereocenters. The van der Waals surface area contributed by atoms with Crippen LogP contribution in [0.5, 0.6) is 0 Å². The van der Waals surface area contributed by atoms with Gasteiger partial charge in [0, 0.05) is 11.8 Å². The number of hydrogen-bond acceptors (Lipinski definition) is 1. The number of hydrogen-bond donors (Lipinski definition) is 0. The van der Waals surface area contributed by atoms with Gasteiger partial charge in [-0.15, -0.1) is 0 Å². The van der Waals surface area contributed by atoms with Gasteiger partial charge < -0.3 is 0 Å². The van der Waals surface area contributed by atoms with Gasteiger partial charge in [-0.05, 0) is 35.5 Å². The maximum atomic E-state index is 12.7. The standard InChI is InChI=1S/C20H18O/c21-20-17-12-11-16(14-7-3-1-4-8-14)19(20)13-18(17)15-9-5-2-6-10-15/h1-11,17-19H,12-13H2/t17-,18+,19-/m1/s1. The van der Waals surface area contributed by atoms with E-state index in [4.69, 9.17) is 0 Å². The highest BCUT2D eigenvalue weighted by atomic mass is 16.1. The summed E-state index contributed by atoms with van der Waals surface area (Å²) in [5, 5.41) is 0. The fourth-order valence-electron chi connectivity index (χ4n) is 3.97. The Bertz CT molecular complexity index is 684. The highest BCUT2D eigenvalue weighted by molar-refractivity contribution is 5.99. The summed E-state index contributed by atoms with van der Waals surface area (Å²) in [6.07, 6.45) is 4.16. The van der Waals surface area contributed by atoms with Crippen molar-refractivity contribution in [3.05, 3.63) is 77.9 Å². The minimum atomic E-state index is 0.0938. The molecule has 0 aliphatic heterocycles. The molecule has 2 bridgehead atoms. The van der Waals surface area contributed by atoms with Crippen LogP contribution in [0.25, 0.3) is 5.57 Å². The molecule has 21 heavy (non-hydrogen) atoms. The maximum Gasteiger partial charge on any atom is 0.144 e. The van der Waals surface area contributed by atoms with Gasteiger partial charge in [0.15, 0.2) is 0 Å². The molecule has 0 heterocycles. The van der Waals surface area contributed by atoms with Crippen molar-refractivity contribution in [1.82, 2.24) is 0 Å². The molecule has 3 atom stereocenters. The van der Waals surface area contributed by atoms with Crippen molar-refractivity contribution in [3.8, 4) is 0 Å². The highest BCUT2D eigenvalue weighted by Crippen LogP contribution is 2.50. The van der Waals surface area contributed by atoms with Crippen LogP contribution in [0.1, 0.15) is 29.9 Å². The topological polar surface area (TPSA) is 17.1 Å². The number of allylic oxidation sites excluding steroid dienone is 2. The fraction of sp³-hybridized carbons (Fsp3) is 0.250. The van der Waals surface area contributed by atoms with Gasteiger partial charge >= 0.3 is 0 Å². The van der Waals surface area contributed by atoms with Crippen LogP contribution in [-0.2, 0) is 4.79 Å². The molecule has 2 aromatic carbocycles. The molecule has 1 fully saturated rings. The van der Waals surface area contributed by atoms with Gasteiger partial charge in [0.2, 0.25) is 0 Å². The smallest absolute Gasteiger partial charge is 0.144 e. The third-order valence-electron chi connectivity index (χ3n) is 4.99. The Morgan fingerprint density at radius 3 is 2.19 bits per heavy atom. The number of rotatable bonds is 2. The Kier molecular flexibility index (Phi) is 2.99.